The Kier molecular flexibility index (Phi) is 5.20. The number of pyridine rings is 1. The maximum Gasteiger partial charge on any atom is 0.130 e. The monoisotopic (exact) mass is 351 g/mol. The molecule has 0 bridgehead atoms. The third-order valence-electron chi connectivity index (χ3n) is 3.01. The minimum atomic E-state index is -0.600. The number of aliphatic hydroxyl groups is 1. The number of hydrogen-bond acceptors (Lipinski definition) is 4. The number of rotatable bonds is 5. The second-order valence-corrected chi connectivity index (χ2v) is 5.70. The Morgan fingerprint density at radius 1 is 1.29 bits per heavy atom. The van der Waals surface area contributed by atoms with Crippen molar-refractivity contribution in [3.05, 3.63) is 51.8 Å². The highest BCUT2D eigenvalue weighted by molar-refractivity contribution is 9.10. The van der Waals surface area contributed by atoms with Crippen molar-refractivity contribution in [2.45, 2.75) is 26.6 Å². The van der Waals surface area contributed by atoms with E-state index in [2.05, 4.69) is 20.9 Å². The summed E-state index contributed by atoms with van der Waals surface area (Å²) in [5.41, 5.74) is 2.40. The van der Waals surface area contributed by atoms with Crippen LogP contribution in [-0.4, -0.2) is 17.2 Å². The number of aliphatic hydroxyl groups excluding tert-OH is 1. The largest absolute Gasteiger partial charge is 0.497 e. The van der Waals surface area contributed by atoms with Crippen LogP contribution < -0.4 is 9.47 Å². The summed E-state index contributed by atoms with van der Waals surface area (Å²) in [4.78, 5) is 4.41. The van der Waals surface area contributed by atoms with Gasteiger partial charge in [-0.2, -0.15) is 0 Å². The fourth-order valence-corrected chi connectivity index (χ4v) is 2.40. The van der Waals surface area contributed by atoms with Crippen LogP contribution in [0.25, 0.3) is 0 Å². The minimum Gasteiger partial charge on any atom is -0.497 e. The molecule has 4 nitrogen and oxygen atoms in total. The SMILES string of the molecule is COc1cc(C)nc(COc2ccc(Br)cc2[C@@H](C)O)c1. The van der Waals surface area contributed by atoms with Crippen LogP contribution in [0.3, 0.4) is 0 Å². The summed E-state index contributed by atoms with van der Waals surface area (Å²) in [6.45, 7) is 3.94. The van der Waals surface area contributed by atoms with E-state index in [1.807, 2.05) is 37.3 Å². The predicted octanol–water partition coefficient (Wildman–Crippen LogP) is 3.79. The zero-order valence-corrected chi connectivity index (χ0v) is 13.8. The molecule has 1 aromatic carbocycles. The first kappa shape index (κ1) is 15.8. The van der Waals surface area contributed by atoms with Crippen molar-refractivity contribution in [2.75, 3.05) is 7.11 Å². The van der Waals surface area contributed by atoms with E-state index in [0.29, 0.717) is 12.4 Å². The van der Waals surface area contributed by atoms with Crippen LogP contribution in [-0.2, 0) is 6.61 Å². The van der Waals surface area contributed by atoms with E-state index in [-0.39, 0.29) is 0 Å². The lowest BCUT2D eigenvalue weighted by Gasteiger charge is -2.14. The Bertz CT molecular complexity index is 629. The van der Waals surface area contributed by atoms with E-state index in [4.69, 9.17) is 9.47 Å². The zero-order valence-electron chi connectivity index (χ0n) is 12.3. The van der Waals surface area contributed by atoms with E-state index < -0.39 is 6.10 Å². The molecule has 0 unspecified atom stereocenters. The molecule has 1 aromatic heterocycles. The number of ether oxygens (including phenoxy) is 2. The highest BCUT2D eigenvalue weighted by Gasteiger charge is 2.11. The standard InChI is InChI=1S/C16H18BrNO3/c1-10-6-14(20-3)8-13(18-10)9-21-16-5-4-12(17)7-15(16)11(2)19/h4-8,11,19H,9H2,1-3H3/t11-/m1/s1. The Morgan fingerprint density at radius 2 is 2.05 bits per heavy atom. The smallest absolute Gasteiger partial charge is 0.130 e. The van der Waals surface area contributed by atoms with Gasteiger partial charge in [0.2, 0.25) is 0 Å². The Hall–Kier alpha value is -1.59. The molecule has 0 fully saturated rings. The van der Waals surface area contributed by atoms with Crippen LogP contribution in [0.15, 0.2) is 34.8 Å². The third kappa shape index (κ3) is 4.19. The van der Waals surface area contributed by atoms with Crippen LogP contribution >= 0.6 is 15.9 Å². The van der Waals surface area contributed by atoms with Gasteiger partial charge in [-0.15, -0.1) is 0 Å². The summed E-state index contributed by atoms with van der Waals surface area (Å²) in [7, 11) is 1.62. The van der Waals surface area contributed by atoms with E-state index in [0.717, 1.165) is 27.2 Å². The van der Waals surface area contributed by atoms with Gasteiger partial charge in [0.05, 0.1) is 18.9 Å². The average molecular weight is 352 g/mol. The van der Waals surface area contributed by atoms with Gasteiger partial charge in [-0.3, -0.25) is 4.98 Å². The van der Waals surface area contributed by atoms with Crippen molar-refractivity contribution in [2.24, 2.45) is 0 Å². The molecule has 0 aliphatic carbocycles. The van der Waals surface area contributed by atoms with Crippen molar-refractivity contribution in [1.29, 1.82) is 0 Å². The number of aryl methyl sites for hydroxylation is 1. The van der Waals surface area contributed by atoms with E-state index in [9.17, 15) is 5.11 Å². The first-order valence-corrected chi connectivity index (χ1v) is 7.40. The maximum absolute atomic E-state index is 9.82. The molecular weight excluding hydrogens is 334 g/mol. The number of hydrogen-bond donors (Lipinski definition) is 1. The molecule has 1 heterocycles. The highest BCUT2D eigenvalue weighted by atomic mass is 79.9. The van der Waals surface area contributed by atoms with Gasteiger partial charge in [-0.1, -0.05) is 15.9 Å². The number of nitrogens with zero attached hydrogens (tertiary/aromatic N) is 1. The van der Waals surface area contributed by atoms with Gasteiger partial charge in [0, 0.05) is 27.9 Å². The Balaban J connectivity index is 2.18. The Morgan fingerprint density at radius 3 is 2.71 bits per heavy atom. The molecule has 1 atom stereocenters. The fraction of sp³-hybridized carbons (Fsp3) is 0.312. The molecule has 2 aromatic rings. The van der Waals surface area contributed by atoms with Gasteiger partial charge in [0.15, 0.2) is 0 Å². The van der Waals surface area contributed by atoms with Gasteiger partial charge in [-0.05, 0) is 32.0 Å². The lowest BCUT2D eigenvalue weighted by molar-refractivity contribution is 0.189. The molecule has 0 aliphatic rings. The van der Waals surface area contributed by atoms with Gasteiger partial charge >= 0.3 is 0 Å². The van der Waals surface area contributed by atoms with Gasteiger partial charge in [-0.25, -0.2) is 0 Å². The van der Waals surface area contributed by atoms with Crippen LogP contribution in [0.5, 0.6) is 11.5 Å². The third-order valence-corrected chi connectivity index (χ3v) is 3.51. The molecule has 0 amide bonds. The quantitative estimate of drug-likeness (QED) is 0.890. The number of halogens is 1. The van der Waals surface area contributed by atoms with Crippen molar-refractivity contribution in [3.63, 3.8) is 0 Å². The minimum absolute atomic E-state index is 0.319. The van der Waals surface area contributed by atoms with Gasteiger partial charge in [0.1, 0.15) is 18.1 Å². The van der Waals surface area contributed by atoms with E-state index >= 15 is 0 Å². The first-order chi connectivity index (χ1) is 9.99. The summed E-state index contributed by atoms with van der Waals surface area (Å²) in [5.74, 6) is 1.41. The average Bonchev–Trinajstić information content (AvgIpc) is 2.45. The lowest BCUT2D eigenvalue weighted by Crippen LogP contribution is -2.03. The molecule has 0 spiro atoms. The van der Waals surface area contributed by atoms with Crippen LogP contribution in [0.2, 0.25) is 0 Å². The summed E-state index contributed by atoms with van der Waals surface area (Å²) in [6, 6.07) is 9.27. The number of benzene rings is 1. The molecule has 5 heteroatoms. The molecule has 0 radical (unpaired) electrons. The molecule has 112 valence electrons. The molecular formula is C16H18BrNO3. The van der Waals surface area contributed by atoms with Crippen molar-refractivity contribution >= 4 is 15.9 Å². The summed E-state index contributed by atoms with van der Waals surface area (Å²) >= 11 is 3.39. The van der Waals surface area contributed by atoms with Crippen LogP contribution in [0.4, 0.5) is 0 Å². The second-order valence-electron chi connectivity index (χ2n) is 4.79. The Labute approximate surface area is 132 Å². The predicted molar refractivity (Wildman–Crippen MR) is 84.6 cm³/mol. The topological polar surface area (TPSA) is 51.6 Å². The van der Waals surface area contributed by atoms with E-state index in [1.165, 1.54) is 0 Å². The lowest BCUT2D eigenvalue weighted by atomic mass is 10.1. The molecule has 0 aliphatic heterocycles. The molecule has 21 heavy (non-hydrogen) atoms. The van der Waals surface area contributed by atoms with Gasteiger partial charge < -0.3 is 14.6 Å². The number of aromatic nitrogens is 1. The first-order valence-electron chi connectivity index (χ1n) is 6.61. The fourth-order valence-electron chi connectivity index (χ4n) is 2.02. The summed E-state index contributed by atoms with van der Waals surface area (Å²) in [6.07, 6.45) is -0.600. The van der Waals surface area contributed by atoms with Gasteiger partial charge in [0.25, 0.3) is 0 Å². The molecule has 1 N–H and O–H groups in total. The molecule has 0 saturated heterocycles. The van der Waals surface area contributed by atoms with Crippen LogP contribution in [0.1, 0.15) is 30.0 Å². The normalized spacial score (nSPS) is 12.0. The maximum atomic E-state index is 9.82. The molecule has 2 rings (SSSR count). The highest BCUT2D eigenvalue weighted by Crippen LogP contribution is 2.29. The van der Waals surface area contributed by atoms with E-state index in [1.54, 1.807) is 14.0 Å². The number of methoxy groups -OCH3 is 1. The van der Waals surface area contributed by atoms with Crippen molar-refractivity contribution in [3.8, 4) is 11.5 Å². The summed E-state index contributed by atoms with van der Waals surface area (Å²) < 4.78 is 11.9. The second kappa shape index (κ2) is 6.91. The zero-order chi connectivity index (χ0) is 15.4. The van der Waals surface area contributed by atoms with Crippen molar-refractivity contribution < 1.29 is 14.6 Å². The van der Waals surface area contributed by atoms with Crippen molar-refractivity contribution in [1.82, 2.24) is 4.98 Å². The molecule has 0 saturated carbocycles. The van der Waals surface area contributed by atoms with Crippen LogP contribution in [0, 0.1) is 6.92 Å². The summed E-state index contributed by atoms with van der Waals surface area (Å²) in [5, 5.41) is 9.82.